The van der Waals surface area contributed by atoms with E-state index in [0.29, 0.717) is 30.5 Å². The lowest BCUT2D eigenvalue weighted by atomic mass is 10.2. The highest BCUT2D eigenvalue weighted by Gasteiger charge is 2.30. The number of halogens is 2. The Morgan fingerprint density at radius 2 is 1.76 bits per heavy atom. The van der Waals surface area contributed by atoms with Gasteiger partial charge in [-0.3, -0.25) is 19.8 Å². The quantitative estimate of drug-likeness (QED) is 0.174. The van der Waals surface area contributed by atoms with E-state index in [0.717, 1.165) is 11.1 Å². The van der Waals surface area contributed by atoms with E-state index in [1.54, 1.807) is 37.4 Å². The number of amidine groups is 1. The maximum absolute atomic E-state index is 12.8. The number of thioether (sulfide) groups is 1. The molecule has 1 amide bonds. The number of amides is 1. The Morgan fingerprint density at radius 1 is 1.14 bits per heavy atom. The molecule has 1 heterocycles. The molecule has 0 spiro atoms. The van der Waals surface area contributed by atoms with Gasteiger partial charge in [0.05, 0.1) is 30.0 Å². The SMILES string of the molecule is CN1C(=O)/C(=C/c2cc(Br)c(OCc3ccc([N+](=O)[O-])cc3)c(Br)c2)SC1=Nc1ccc(C(=O)O)cc1. The van der Waals surface area contributed by atoms with Gasteiger partial charge in [-0.2, -0.15) is 0 Å². The van der Waals surface area contributed by atoms with Crippen molar-refractivity contribution in [1.29, 1.82) is 0 Å². The first-order chi connectivity index (χ1) is 17.6. The number of non-ortho nitro benzene ring substituents is 1. The van der Waals surface area contributed by atoms with Gasteiger partial charge in [-0.1, -0.05) is 0 Å². The molecular formula is C25H17Br2N3O6S. The number of carboxylic acid groups (broad SMARTS) is 1. The first-order valence-electron chi connectivity index (χ1n) is 10.6. The highest BCUT2D eigenvalue weighted by Crippen LogP contribution is 2.38. The fourth-order valence-corrected chi connectivity index (χ4v) is 5.70. The molecule has 0 atom stereocenters. The van der Waals surface area contributed by atoms with Crippen molar-refractivity contribution in [2.24, 2.45) is 4.99 Å². The van der Waals surface area contributed by atoms with Gasteiger partial charge < -0.3 is 9.84 Å². The number of nitro benzene ring substituents is 1. The minimum Gasteiger partial charge on any atom is -0.487 e. The molecule has 0 unspecified atom stereocenters. The van der Waals surface area contributed by atoms with Crippen molar-refractivity contribution >= 4 is 78.1 Å². The molecule has 3 aromatic rings. The molecule has 1 fully saturated rings. The zero-order valence-corrected chi connectivity index (χ0v) is 23.0. The first-order valence-corrected chi connectivity index (χ1v) is 13.0. The van der Waals surface area contributed by atoms with Crippen LogP contribution in [0.2, 0.25) is 0 Å². The maximum Gasteiger partial charge on any atom is 0.335 e. The summed E-state index contributed by atoms with van der Waals surface area (Å²) >= 11 is 8.23. The molecule has 37 heavy (non-hydrogen) atoms. The maximum atomic E-state index is 12.8. The monoisotopic (exact) mass is 645 g/mol. The number of aliphatic imine (C=N–C) groups is 1. The molecule has 1 saturated heterocycles. The molecule has 1 aliphatic heterocycles. The van der Waals surface area contributed by atoms with Gasteiger partial charge in [0, 0.05) is 19.2 Å². The zero-order valence-electron chi connectivity index (χ0n) is 19.1. The third-order valence-corrected chi connectivity index (χ3v) is 7.43. The third-order valence-electron chi connectivity index (χ3n) is 5.19. The molecular weight excluding hydrogens is 630 g/mol. The van der Waals surface area contributed by atoms with Crippen LogP contribution in [0.1, 0.15) is 21.5 Å². The molecule has 3 aromatic carbocycles. The first kappa shape index (κ1) is 26.6. The van der Waals surface area contributed by atoms with Crippen molar-refractivity contribution in [3.05, 3.63) is 101 Å². The number of hydrogen-bond donors (Lipinski definition) is 1. The Hall–Kier alpha value is -3.48. The van der Waals surface area contributed by atoms with Crippen molar-refractivity contribution in [2.75, 3.05) is 7.05 Å². The van der Waals surface area contributed by atoms with Gasteiger partial charge in [-0.05, 0) is 109 Å². The van der Waals surface area contributed by atoms with E-state index in [-0.39, 0.29) is 23.8 Å². The van der Waals surface area contributed by atoms with Gasteiger partial charge >= 0.3 is 5.97 Å². The second-order valence-corrected chi connectivity index (χ2v) is 10.5. The summed E-state index contributed by atoms with van der Waals surface area (Å²) in [5.41, 5.74) is 2.23. The molecule has 9 nitrogen and oxygen atoms in total. The van der Waals surface area contributed by atoms with Crippen LogP contribution in [0.5, 0.6) is 5.75 Å². The predicted octanol–water partition coefficient (Wildman–Crippen LogP) is 6.63. The molecule has 4 rings (SSSR count). The van der Waals surface area contributed by atoms with Crippen molar-refractivity contribution in [2.45, 2.75) is 6.61 Å². The van der Waals surface area contributed by atoms with Crippen LogP contribution >= 0.6 is 43.6 Å². The number of nitro groups is 1. The predicted molar refractivity (Wildman–Crippen MR) is 148 cm³/mol. The number of nitrogens with zero attached hydrogens (tertiary/aromatic N) is 3. The molecule has 1 aliphatic rings. The van der Waals surface area contributed by atoms with Crippen molar-refractivity contribution in [3.8, 4) is 5.75 Å². The third kappa shape index (κ3) is 6.27. The molecule has 12 heteroatoms. The summed E-state index contributed by atoms with van der Waals surface area (Å²) in [5, 5.41) is 20.3. The fraction of sp³-hybridized carbons (Fsp3) is 0.0800. The minimum absolute atomic E-state index is 0.0118. The number of carboxylic acids is 1. The molecule has 0 aromatic heterocycles. The summed E-state index contributed by atoms with van der Waals surface area (Å²) in [6, 6.07) is 15.8. The summed E-state index contributed by atoms with van der Waals surface area (Å²) < 4.78 is 7.22. The number of ether oxygens (including phenoxy) is 1. The number of carbonyl (C=O) groups excluding carboxylic acids is 1. The highest BCUT2D eigenvalue weighted by atomic mass is 79.9. The number of aromatic carboxylic acids is 1. The Balaban J connectivity index is 1.49. The zero-order chi connectivity index (χ0) is 26.7. The summed E-state index contributed by atoms with van der Waals surface area (Å²) in [7, 11) is 1.63. The van der Waals surface area contributed by atoms with Gasteiger partial charge in [0.25, 0.3) is 11.6 Å². The summed E-state index contributed by atoms with van der Waals surface area (Å²) in [4.78, 5) is 40.6. The van der Waals surface area contributed by atoms with Crippen molar-refractivity contribution in [3.63, 3.8) is 0 Å². The molecule has 0 bridgehead atoms. The number of rotatable bonds is 7. The molecule has 0 saturated carbocycles. The van der Waals surface area contributed by atoms with Crippen LogP contribution in [0.3, 0.4) is 0 Å². The topological polar surface area (TPSA) is 122 Å². The number of carbonyl (C=O) groups is 2. The Labute approximate surface area is 232 Å². The summed E-state index contributed by atoms with van der Waals surface area (Å²) in [6.45, 7) is 0.210. The van der Waals surface area contributed by atoms with Crippen LogP contribution in [0.15, 0.2) is 79.5 Å². The van der Waals surface area contributed by atoms with E-state index >= 15 is 0 Å². The lowest BCUT2D eigenvalue weighted by molar-refractivity contribution is -0.384. The smallest absolute Gasteiger partial charge is 0.335 e. The minimum atomic E-state index is -1.02. The van der Waals surface area contributed by atoms with Gasteiger partial charge in [0.15, 0.2) is 5.17 Å². The lowest BCUT2D eigenvalue weighted by Crippen LogP contribution is -2.23. The Bertz CT molecular complexity index is 1430. The molecule has 188 valence electrons. The number of likely N-dealkylation sites (N-methyl/N-ethyl adjacent to an activating group) is 1. The standard InChI is InChI=1S/C25H17Br2N3O6S/c1-29-23(31)21(37-25(29)28-17-6-4-16(5-7-17)24(32)33)12-15-10-19(26)22(20(27)11-15)36-13-14-2-8-18(9-3-14)30(34)35/h2-12H,13H2,1H3,(H,32,33)/b21-12-,28-25?. The second-order valence-electron chi connectivity index (χ2n) is 7.75. The summed E-state index contributed by atoms with van der Waals surface area (Å²) in [6.07, 6.45) is 1.75. The van der Waals surface area contributed by atoms with Crippen LogP contribution in [-0.4, -0.2) is 39.0 Å². The molecule has 1 N–H and O–H groups in total. The van der Waals surface area contributed by atoms with Crippen LogP contribution in [0.4, 0.5) is 11.4 Å². The van der Waals surface area contributed by atoms with Crippen LogP contribution in [0, 0.1) is 10.1 Å². The lowest BCUT2D eigenvalue weighted by Gasteiger charge is -2.11. The molecule has 0 aliphatic carbocycles. The van der Waals surface area contributed by atoms with E-state index in [1.165, 1.54) is 40.9 Å². The number of hydrogen-bond acceptors (Lipinski definition) is 7. The Kier molecular flexibility index (Phi) is 8.10. The van der Waals surface area contributed by atoms with Gasteiger partial charge in [-0.15, -0.1) is 0 Å². The second kappa shape index (κ2) is 11.3. The van der Waals surface area contributed by atoms with Crippen LogP contribution in [-0.2, 0) is 11.4 Å². The van der Waals surface area contributed by atoms with E-state index in [9.17, 15) is 19.7 Å². The average Bonchev–Trinajstić information content (AvgIpc) is 3.11. The fourth-order valence-electron chi connectivity index (χ4n) is 3.26. The van der Waals surface area contributed by atoms with E-state index in [1.807, 2.05) is 12.1 Å². The largest absolute Gasteiger partial charge is 0.487 e. The highest BCUT2D eigenvalue weighted by molar-refractivity contribution is 9.11. The molecule has 0 radical (unpaired) electrons. The average molecular weight is 647 g/mol. The van der Waals surface area contributed by atoms with E-state index < -0.39 is 10.9 Å². The van der Waals surface area contributed by atoms with Crippen LogP contribution < -0.4 is 4.74 Å². The number of benzene rings is 3. The van der Waals surface area contributed by atoms with Gasteiger partial charge in [-0.25, -0.2) is 9.79 Å². The van der Waals surface area contributed by atoms with Crippen molar-refractivity contribution < 1.29 is 24.4 Å². The Morgan fingerprint density at radius 3 is 2.32 bits per heavy atom. The van der Waals surface area contributed by atoms with Crippen molar-refractivity contribution in [1.82, 2.24) is 4.90 Å². The van der Waals surface area contributed by atoms with Crippen LogP contribution in [0.25, 0.3) is 6.08 Å². The normalized spacial score (nSPS) is 15.4. The summed E-state index contributed by atoms with van der Waals surface area (Å²) in [5.74, 6) is -0.682. The van der Waals surface area contributed by atoms with Gasteiger partial charge in [0.1, 0.15) is 12.4 Å². The van der Waals surface area contributed by atoms with E-state index in [4.69, 9.17) is 9.84 Å². The van der Waals surface area contributed by atoms with Gasteiger partial charge in [0.2, 0.25) is 0 Å². The van der Waals surface area contributed by atoms with E-state index in [2.05, 4.69) is 36.9 Å².